The van der Waals surface area contributed by atoms with Gasteiger partial charge in [-0.1, -0.05) is 45.6 Å². The van der Waals surface area contributed by atoms with Gasteiger partial charge in [-0.25, -0.2) is 8.42 Å². The van der Waals surface area contributed by atoms with Gasteiger partial charge in [0, 0.05) is 11.7 Å². The van der Waals surface area contributed by atoms with Crippen LogP contribution in [0.15, 0.2) is 29.2 Å². The molecular weight excluding hydrogens is 365 g/mol. The average Bonchev–Trinajstić information content (AvgIpc) is 2.55. The zero-order chi connectivity index (χ0) is 18.2. The van der Waals surface area contributed by atoms with Crippen LogP contribution in [0.5, 0.6) is 0 Å². The average molecular weight is 396 g/mol. The summed E-state index contributed by atoms with van der Waals surface area (Å²) in [7, 11) is -4.49. The molecule has 2 unspecified atom stereocenters. The number of hydrogen-bond acceptors (Lipinski definition) is 5. The van der Waals surface area contributed by atoms with Crippen LogP contribution in [0, 0.1) is 0 Å². The number of benzene rings is 1. The second-order valence-electron chi connectivity index (χ2n) is 6.33. The first kappa shape index (κ1) is 25.5. The molecule has 1 aromatic rings. The third-order valence-electron chi connectivity index (χ3n) is 4.35. The van der Waals surface area contributed by atoms with Crippen LogP contribution < -0.4 is 56.3 Å². The van der Waals surface area contributed by atoms with E-state index >= 15 is 0 Å². The maximum atomic E-state index is 11.3. The van der Waals surface area contributed by atoms with E-state index < -0.39 is 10.1 Å². The van der Waals surface area contributed by atoms with E-state index in [2.05, 4.69) is 25.7 Å². The molecule has 0 spiro atoms. The van der Waals surface area contributed by atoms with E-state index in [1.54, 1.807) is 6.07 Å². The maximum Gasteiger partial charge on any atom is 1.00 e. The molecule has 0 aliphatic heterocycles. The van der Waals surface area contributed by atoms with Crippen LogP contribution in [-0.4, -0.2) is 36.8 Å². The summed E-state index contributed by atoms with van der Waals surface area (Å²) < 4.78 is 34.0. The molecule has 0 aromatic heterocycles. The number of anilines is 1. The van der Waals surface area contributed by atoms with E-state index in [0.29, 0.717) is 5.69 Å². The molecule has 0 aliphatic rings. The summed E-state index contributed by atoms with van der Waals surface area (Å²) in [5, 5.41) is 9.87. The quantitative estimate of drug-likeness (QED) is 0.437. The fourth-order valence-corrected chi connectivity index (χ4v) is 3.53. The summed E-state index contributed by atoms with van der Waals surface area (Å²) >= 11 is 0. The van der Waals surface area contributed by atoms with Gasteiger partial charge < -0.3 is 14.6 Å². The van der Waals surface area contributed by atoms with Crippen molar-refractivity contribution in [2.24, 2.45) is 0 Å². The molecule has 0 amide bonds. The van der Waals surface area contributed by atoms with E-state index in [4.69, 9.17) is 0 Å². The van der Waals surface area contributed by atoms with Crippen molar-refractivity contribution in [3.05, 3.63) is 24.3 Å². The third-order valence-corrected chi connectivity index (χ3v) is 5.18. The summed E-state index contributed by atoms with van der Waals surface area (Å²) in [6.45, 7) is 6.32. The molecule has 1 rings (SSSR count). The zero-order valence-electron chi connectivity index (χ0n) is 15.9. The van der Waals surface area contributed by atoms with Gasteiger partial charge in [-0.3, -0.25) is 0 Å². The number of aliphatic hydroxyl groups excluding tert-OH is 1. The van der Waals surface area contributed by atoms with Crippen molar-refractivity contribution in [1.29, 1.82) is 0 Å². The topological polar surface area (TPSA) is 80.7 Å². The van der Waals surface area contributed by atoms with Gasteiger partial charge in [0.25, 0.3) is 0 Å². The molecule has 0 saturated carbocycles. The first-order valence-corrected chi connectivity index (χ1v) is 10.2. The Kier molecular flexibility index (Phi) is 13.1. The molecule has 0 aliphatic carbocycles. The predicted octanol–water partition coefficient (Wildman–Crippen LogP) is 0.531. The fourth-order valence-electron chi connectivity index (χ4n) is 3.02. The van der Waals surface area contributed by atoms with Crippen molar-refractivity contribution in [2.45, 2.75) is 76.3 Å². The van der Waals surface area contributed by atoms with Crippen molar-refractivity contribution < 1.29 is 69.5 Å². The van der Waals surface area contributed by atoms with Crippen molar-refractivity contribution in [3.63, 3.8) is 0 Å². The number of unbranched alkanes of at least 4 members (excludes halogenated alkanes) is 2. The summed E-state index contributed by atoms with van der Waals surface area (Å²) in [6.07, 6.45) is 5.94. The minimum atomic E-state index is -4.49. The van der Waals surface area contributed by atoms with Crippen LogP contribution in [0.4, 0.5) is 5.69 Å². The van der Waals surface area contributed by atoms with Crippen molar-refractivity contribution >= 4 is 15.8 Å². The van der Waals surface area contributed by atoms with Gasteiger partial charge in [0.2, 0.25) is 0 Å². The van der Waals surface area contributed by atoms with Crippen LogP contribution in [-0.2, 0) is 10.1 Å². The molecule has 0 saturated heterocycles. The standard InChI is InChI=1S/C18H31NO4S.K/c1-4-6-9-15(3)19(17(14-20)10-7-5-2)16-11-8-12-18(13-16)24(21,22)23;/h8,11-13,15,17,20H,4-7,9-10,14H2,1-3H3,(H,21,22,23);/q;+1/p-1. The van der Waals surface area contributed by atoms with Crippen LogP contribution in [0.2, 0.25) is 0 Å². The fraction of sp³-hybridized carbons (Fsp3) is 0.667. The third kappa shape index (κ3) is 8.38. The molecule has 0 fully saturated rings. The Hall–Kier alpha value is 0.526. The van der Waals surface area contributed by atoms with E-state index in [0.717, 1.165) is 38.5 Å². The van der Waals surface area contributed by atoms with E-state index in [-0.39, 0.29) is 75.0 Å². The van der Waals surface area contributed by atoms with E-state index in [1.165, 1.54) is 12.1 Å². The largest absolute Gasteiger partial charge is 1.00 e. The molecule has 0 radical (unpaired) electrons. The van der Waals surface area contributed by atoms with Gasteiger partial charge in [-0.05, 0) is 38.0 Å². The molecule has 2 atom stereocenters. The molecule has 138 valence electrons. The van der Waals surface area contributed by atoms with Crippen LogP contribution >= 0.6 is 0 Å². The molecule has 1 N–H and O–H groups in total. The molecular formula is C18H30KNO4S. The first-order chi connectivity index (χ1) is 11.3. The molecule has 1 aromatic carbocycles. The van der Waals surface area contributed by atoms with Gasteiger partial charge >= 0.3 is 51.4 Å². The second-order valence-corrected chi connectivity index (χ2v) is 7.71. The molecule has 0 bridgehead atoms. The van der Waals surface area contributed by atoms with Crippen molar-refractivity contribution in [3.8, 4) is 0 Å². The van der Waals surface area contributed by atoms with Gasteiger partial charge in [0.05, 0.1) is 17.5 Å². The summed E-state index contributed by atoms with van der Waals surface area (Å²) in [5.41, 5.74) is 0.686. The molecule has 5 nitrogen and oxygen atoms in total. The maximum absolute atomic E-state index is 11.3. The normalized spacial score (nSPS) is 13.8. The Bertz CT molecular complexity index is 594. The SMILES string of the molecule is CCCCC(C)N(c1cccc(S(=O)(=O)[O-])c1)C(CO)CCCC.[K+]. The number of hydrogen-bond donors (Lipinski definition) is 1. The molecule has 7 heteroatoms. The van der Waals surface area contributed by atoms with Crippen LogP contribution in [0.3, 0.4) is 0 Å². The minimum absolute atomic E-state index is 0. The zero-order valence-corrected chi connectivity index (χ0v) is 19.9. The Morgan fingerprint density at radius 3 is 2.28 bits per heavy atom. The van der Waals surface area contributed by atoms with E-state index in [1.807, 2.05) is 6.07 Å². The van der Waals surface area contributed by atoms with Crippen molar-refractivity contribution in [1.82, 2.24) is 0 Å². The van der Waals surface area contributed by atoms with Gasteiger partial charge in [-0.2, -0.15) is 0 Å². The smallest absolute Gasteiger partial charge is 0.744 e. The summed E-state index contributed by atoms with van der Waals surface area (Å²) in [4.78, 5) is 1.86. The Labute approximate surface area is 195 Å². The minimum Gasteiger partial charge on any atom is -0.744 e. The Morgan fingerprint density at radius 1 is 1.16 bits per heavy atom. The van der Waals surface area contributed by atoms with Crippen molar-refractivity contribution in [2.75, 3.05) is 11.5 Å². The van der Waals surface area contributed by atoms with Gasteiger partial charge in [0.15, 0.2) is 0 Å². The summed E-state index contributed by atoms with van der Waals surface area (Å²) in [6, 6.07) is 6.23. The summed E-state index contributed by atoms with van der Waals surface area (Å²) in [5.74, 6) is 0. The predicted molar refractivity (Wildman–Crippen MR) is 96.3 cm³/mol. The van der Waals surface area contributed by atoms with Gasteiger partial charge in [-0.15, -0.1) is 0 Å². The number of aliphatic hydroxyl groups is 1. The Morgan fingerprint density at radius 2 is 1.76 bits per heavy atom. The number of rotatable bonds is 11. The van der Waals surface area contributed by atoms with Gasteiger partial charge in [0.1, 0.15) is 10.1 Å². The van der Waals surface area contributed by atoms with E-state index in [9.17, 15) is 18.1 Å². The second kappa shape index (κ2) is 12.8. The first-order valence-electron chi connectivity index (χ1n) is 8.80. The van der Waals surface area contributed by atoms with Crippen LogP contribution in [0.1, 0.15) is 59.3 Å². The monoisotopic (exact) mass is 395 g/mol. The molecule has 25 heavy (non-hydrogen) atoms. The Balaban J connectivity index is 0.00000576. The van der Waals surface area contributed by atoms with Crippen LogP contribution in [0.25, 0.3) is 0 Å². The molecule has 0 heterocycles. The number of nitrogens with zero attached hydrogens (tertiary/aromatic N) is 1.